The molecule has 5 heteroatoms. The number of benzene rings is 2. The monoisotopic (exact) mass is 479 g/mol. The van der Waals surface area contributed by atoms with E-state index in [1.165, 1.54) is 0 Å². The number of nitrogens with zero attached hydrogens (tertiary/aromatic N) is 1. The van der Waals surface area contributed by atoms with Crippen LogP contribution >= 0.6 is 0 Å². The molecule has 0 unspecified atom stereocenters. The fourth-order valence-electron chi connectivity index (χ4n) is 3.11. The van der Waals surface area contributed by atoms with Crippen LogP contribution in [0.5, 0.6) is 0 Å². The first-order valence-corrected chi connectivity index (χ1v) is 11.8. The van der Waals surface area contributed by atoms with Crippen molar-refractivity contribution in [2.75, 3.05) is 0 Å². The predicted octanol–water partition coefficient (Wildman–Crippen LogP) is 6.30. The standard InChI is InChI=1S/C22H30NO2S.C3H7.Zn/c1-17(2)15-22(18(3)4)23(16-20-9-7-6-8-10-20)26(24,25)21-13-11-19(5)12-14-21;1-3-2;/h6-14,17-18,22H,3,15-16H2,1-2,4-5H3;3H,1-2H3;/q2*-1;+2/t18-,22+;;/m1../s1. The molecule has 0 aliphatic carbocycles. The van der Waals surface area contributed by atoms with Crippen molar-refractivity contribution in [2.45, 2.75) is 65.4 Å². The van der Waals surface area contributed by atoms with Crippen LogP contribution in [0.4, 0.5) is 0 Å². The van der Waals surface area contributed by atoms with Gasteiger partial charge in [0.05, 0.1) is 4.90 Å². The smallest absolute Gasteiger partial charge is 0.339 e. The van der Waals surface area contributed by atoms with Crippen LogP contribution in [-0.4, -0.2) is 18.8 Å². The summed E-state index contributed by atoms with van der Waals surface area (Å²) >= 11 is 0. The zero-order valence-electron chi connectivity index (χ0n) is 19.5. The minimum atomic E-state index is -3.61. The number of rotatable bonds is 8. The van der Waals surface area contributed by atoms with Crippen LogP contribution in [0.15, 0.2) is 59.5 Å². The van der Waals surface area contributed by atoms with Crippen molar-refractivity contribution in [2.24, 2.45) is 11.8 Å². The normalized spacial score (nSPS) is 13.2. The number of hydrogen-bond donors (Lipinski definition) is 0. The second-order valence-corrected chi connectivity index (χ2v) is 9.99. The molecule has 0 bridgehead atoms. The minimum absolute atomic E-state index is 0. The molecule has 2 atom stereocenters. The molecule has 0 heterocycles. The molecule has 2 aromatic carbocycles. The van der Waals surface area contributed by atoms with E-state index in [0.717, 1.165) is 17.5 Å². The molecule has 0 amide bonds. The van der Waals surface area contributed by atoms with Gasteiger partial charge < -0.3 is 13.3 Å². The van der Waals surface area contributed by atoms with E-state index in [-0.39, 0.29) is 31.4 Å². The Morgan fingerprint density at radius 2 is 1.47 bits per heavy atom. The Morgan fingerprint density at radius 3 is 1.90 bits per heavy atom. The fraction of sp³-hybridized carbons (Fsp3) is 0.440. The number of hydrogen-bond acceptors (Lipinski definition) is 2. The van der Waals surface area contributed by atoms with Crippen molar-refractivity contribution in [1.82, 2.24) is 4.31 Å². The van der Waals surface area contributed by atoms with E-state index >= 15 is 0 Å². The molecule has 162 valence electrons. The summed E-state index contributed by atoms with van der Waals surface area (Å²) in [5, 5.41) is 0. The fourth-order valence-corrected chi connectivity index (χ4v) is 4.83. The van der Waals surface area contributed by atoms with Crippen LogP contribution in [0.3, 0.4) is 0 Å². The first-order chi connectivity index (χ1) is 13.6. The molecule has 0 spiro atoms. The molecule has 0 aliphatic rings. The molecule has 2 aromatic rings. The summed E-state index contributed by atoms with van der Waals surface area (Å²) in [6.45, 7) is 16.7. The molecule has 0 aliphatic heterocycles. The largest absolute Gasteiger partial charge is 2.00 e. The van der Waals surface area contributed by atoms with Crippen LogP contribution in [0.25, 0.3) is 0 Å². The SMILES string of the molecule is C[CH-]C.[CH2-][C@H](C)[C@H](CC(C)C)N(Cc1ccccc1)S(=O)(=O)c1ccc(C)cc1.[Zn+2]. The molecule has 0 saturated carbocycles. The van der Waals surface area contributed by atoms with Crippen molar-refractivity contribution < 1.29 is 27.9 Å². The van der Waals surface area contributed by atoms with Crippen molar-refractivity contribution >= 4 is 10.0 Å². The van der Waals surface area contributed by atoms with Crippen LogP contribution in [0.1, 0.15) is 52.2 Å². The molecular formula is C25H37NO2SZn. The maximum atomic E-state index is 13.5. The third-order valence-electron chi connectivity index (χ3n) is 4.55. The van der Waals surface area contributed by atoms with Gasteiger partial charge in [-0.25, -0.2) is 8.42 Å². The van der Waals surface area contributed by atoms with Gasteiger partial charge in [-0.15, -0.1) is 0 Å². The maximum Gasteiger partial charge on any atom is 2.00 e. The first-order valence-electron chi connectivity index (χ1n) is 10.3. The summed E-state index contributed by atoms with van der Waals surface area (Å²) in [6.07, 6.45) is 2.78. The molecular weight excluding hydrogens is 444 g/mol. The molecule has 0 N–H and O–H groups in total. The van der Waals surface area contributed by atoms with Gasteiger partial charge in [-0.2, -0.15) is 24.1 Å². The molecule has 0 fully saturated rings. The van der Waals surface area contributed by atoms with E-state index in [1.54, 1.807) is 16.4 Å². The Labute approximate surface area is 198 Å². The van der Waals surface area contributed by atoms with Gasteiger partial charge in [-0.3, -0.25) is 0 Å². The van der Waals surface area contributed by atoms with Crippen molar-refractivity contribution in [3.63, 3.8) is 0 Å². The second kappa shape index (κ2) is 14.1. The van der Waals surface area contributed by atoms with E-state index in [4.69, 9.17) is 0 Å². The molecule has 0 aromatic heterocycles. The van der Waals surface area contributed by atoms with Crippen LogP contribution in [0.2, 0.25) is 0 Å². The van der Waals surface area contributed by atoms with Gasteiger partial charge in [-0.1, -0.05) is 68.8 Å². The van der Waals surface area contributed by atoms with Crippen molar-refractivity contribution in [3.05, 3.63) is 79.1 Å². The van der Waals surface area contributed by atoms with Gasteiger partial charge in [0.2, 0.25) is 10.0 Å². The Morgan fingerprint density at radius 1 is 0.967 bits per heavy atom. The van der Waals surface area contributed by atoms with Gasteiger partial charge in [0.25, 0.3) is 0 Å². The average molecular weight is 481 g/mol. The van der Waals surface area contributed by atoms with Gasteiger partial charge >= 0.3 is 19.5 Å². The number of sulfonamides is 1. The van der Waals surface area contributed by atoms with Crippen LogP contribution in [-0.2, 0) is 36.0 Å². The molecule has 0 radical (unpaired) electrons. The third-order valence-corrected chi connectivity index (χ3v) is 6.43. The predicted molar refractivity (Wildman–Crippen MR) is 124 cm³/mol. The summed E-state index contributed by atoms with van der Waals surface area (Å²) in [4.78, 5) is 0.341. The topological polar surface area (TPSA) is 37.4 Å². The number of aryl methyl sites for hydroxylation is 1. The van der Waals surface area contributed by atoms with E-state index in [9.17, 15) is 8.42 Å². The summed E-state index contributed by atoms with van der Waals surface area (Å²) in [7, 11) is -3.61. The van der Waals surface area contributed by atoms with Crippen molar-refractivity contribution in [3.8, 4) is 0 Å². The Kier molecular flexibility index (Phi) is 13.6. The quantitative estimate of drug-likeness (QED) is 0.328. The summed E-state index contributed by atoms with van der Waals surface area (Å²) in [6, 6.07) is 16.7. The van der Waals surface area contributed by atoms with Gasteiger partial charge in [0.15, 0.2) is 0 Å². The summed E-state index contributed by atoms with van der Waals surface area (Å²) < 4.78 is 28.6. The van der Waals surface area contributed by atoms with Gasteiger partial charge in [0.1, 0.15) is 0 Å². The molecule has 2 rings (SSSR count). The molecule has 30 heavy (non-hydrogen) atoms. The van der Waals surface area contributed by atoms with Crippen LogP contribution < -0.4 is 0 Å². The van der Waals surface area contributed by atoms with Crippen molar-refractivity contribution in [1.29, 1.82) is 0 Å². The first kappa shape index (κ1) is 29.0. The Hall–Kier alpha value is -1.03. The van der Waals surface area contributed by atoms with E-state index in [0.29, 0.717) is 17.4 Å². The van der Waals surface area contributed by atoms with E-state index in [1.807, 2.05) is 76.6 Å². The molecule has 3 nitrogen and oxygen atoms in total. The van der Waals surface area contributed by atoms with Gasteiger partial charge in [-0.05, 0) is 37.0 Å². The average Bonchev–Trinajstić information content (AvgIpc) is 2.66. The van der Waals surface area contributed by atoms with E-state index in [2.05, 4.69) is 20.8 Å². The third kappa shape index (κ3) is 9.00. The minimum Gasteiger partial charge on any atom is -0.339 e. The second-order valence-electron chi connectivity index (χ2n) is 8.10. The van der Waals surface area contributed by atoms with E-state index < -0.39 is 10.0 Å². The van der Waals surface area contributed by atoms with Crippen LogP contribution in [0, 0.1) is 32.1 Å². The Bertz CT molecular complexity index is 803. The Balaban J connectivity index is 0.00000198. The summed E-state index contributed by atoms with van der Waals surface area (Å²) in [5.41, 5.74) is 2.03. The summed E-state index contributed by atoms with van der Waals surface area (Å²) in [5.74, 6) is 0.372. The zero-order chi connectivity index (χ0) is 22.0. The molecule has 0 saturated heterocycles. The van der Waals surface area contributed by atoms with Gasteiger partial charge in [0, 0.05) is 12.6 Å². The maximum absolute atomic E-state index is 13.5. The zero-order valence-corrected chi connectivity index (χ0v) is 23.3.